The van der Waals surface area contributed by atoms with Crippen LogP contribution in [0.2, 0.25) is 0 Å². The second kappa shape index (κ2) is 3.26. The molecule has 0 fully saturated rings. The summed E-state index contributed by atoms with van der Waals surface area (Å²) < 4.78 is 2.09. The van der Waals surface area contributed by atoms with E-state index in [1.165, 1.54) is 11.3 Å². The molecule has 0 radical (unpaired) electrons. The number of hydrogen-bond donors (Lipinski definition) is 1. The number of thiophene rings is 1. The lowest BCUT2D eigenvalue weighted by atomic mass is 10.2. The molecule has 1 aromatic heterocycles. The fourth-order valence-electron chi connectivity index (χ4n) is 1.20. The predicted molar refractivity (Wildman–Crippen MR) is 64.3 cm³/mol. The molecular weight excluding hydrogens is 297 g/mol. The summed E-state index contributed by atoms with van der Waals surface area (Å²) in [6.07, 6.45) is 0.872. The summed E-state index contributed by atoms with van der Waals surface area (Å²) in [7, 11) is 0. The van der Waals surface area contributed by atoms with Crippen LogP contribution in [0.4, 0.5) is 5.00 Å². The van der Waals surface area contributed by atoms with E-state index < -0.39 is 0 Å². The van der Waals surface area contributed by atoms with Crippen molar-refractivity contribution < 1.29 is 4.79 Å². The zero-order valence-corrected chi connectivity index (χ0v) is 9.56. The van der Waals surface area contributed by atoms with Gasteiger partial charge in [-0.1, -0.05) is 6.07 Å². The van der Waals surface area contributed by atoms with Crippen LogP contribution in [0.3, 0.4) is 0 Å². The van der Waals surface area contributed by atoms with Gasteiger partial charge in [-0.2, -0.15) is 0 Å². The van der Waals surface area contributed by atoms with Gasteiger partial charge in [0.15, 0.2) is 6.29 Å². The average molecular weight is 303 g/mol. The number of halogens is 1. The first kappa shape index (κ1) is 8.96. The van der Waals surface area contributed by atoms with E-state index in [2.05, 4.69) is 22.6 Å². The Labute approximate surface area is 92.9 Å². The summed E-state index contributed by atoms with van der Waals surface area (Å²) in [5.41, 5.74) is 6.41. The average Bonchev–Trinajstić information content (AvgIpc) is 2.47. The highest BCUT2D eigenvalue weighted by Crippen LogP contribution is 2.32. The van der Waals surface area contributed by atoms with Crippen LogP contribution < -0.4 is 5.73 Å². The van der Waals surface area contributed by atoms with Crippen LogP contribution in [0.25, 0.3) is 10.1 Å². The Kier molecular flexibility index (Phi) is 2.25. The Balaban J connectivity index is 2.85. The first-order chi connectivity index (χ1) is 6.22. The Morgan fingerprint density at radius 2 is 2.23 bits per heavy atom. The molecular formula is C9H6INOS. The van der Waals surface area contributed by atoms with E-state index in [-0.39, 0.29) is 0 Å². The van der Waals surface area contributed by atoms with E-state index in [9.17, 15) is 4.79 Å². The highest BCUT2D eigenvalue weighted by molar-refractivity contribution is 14.1. The van der Waals surface area contributed by atoms with Crippen molar-refractivity contribution >= 4 is 55.3 Å². The van der Waals surface area contributed by atoms with E-state index in [4.69, 9.17) is 5.73 Å². The molecule has 0 saturated carbocycles. The third-order valence-electron chi connectivity index (χ3n) is 1.80. The summed E-state index contributed by atoms with van der Waals surface area (Å²) in [6.45, 7) is 0. The standard InChI is InChI=1S/C9H6INOS/c10-8-6(4-12)2-1-5-3-7(11)13-9(5)8/h1-4H,11H2. The van der Waals surface area contributed by atoms with E-state index in [0.29, 0.717) is 0 Å². The van der Waals surface area contributed by atoms with Gasteiger partial charge < -0.3 is 5.73 Å². The quantitative estimate of drug-likeness (QED) is 0.650. The van der Waals surface area contributed by atoms with Crippen molar-refractivity contribution in [1.29, 1.82) is 0 Å². The Morgan fingerprint density at radius 1 is 1.46 bits per heavy atom. The van der Waals surface area contributed by atoms with Crippen LogP contribution in [0.1, 0.15) is 10.4 Å². The maximum absolute atomic E-state index is 10.6. The van der Waals surface area contributed by atoms with Gasteiger partial charge in [-0.15, -0.1) is 11.3 Å². The lowest BCUT2D eigenvalue weighted by Crippen LogP contribution is -1.83. The number of nitrogen functional groups attached to an aromatic ring is 1. The minimum Gasteiger partial charge on any atom is -0.391 e. The SMILES string of the molecule is Nc1cc2ccc(C=O)c(I)c2s1. The lowest BCUT2D eigenvalue weighted by molar-refractivity contribution is 0.112. The zero-order valence-electron chi connectivity index (χ0n) is 6.58. The second-order valence-electron chi connectivity index (χ2n) is 2.65. The maximum Gasteiger partial charge on any atom is 0.151 e. The number of anilines is 1. The molecule has 2 N–H and O–H groups in total. The highest BCUT2D eigenvalue weighted by atomic mass is 127. The molecule has 2 rings (SSSR count). The maximum atomic E-state index is 10.6. The summed E-state index contributed by atoms with van der Waals surface area (Å²) >= 11 is 3.70. The topological polar surface area (TPSA) is 43.1 Å². The van der Waals surface area contributed by atoms with Crippen molar-refractivity contribution in [1.82, 2.24) is 0 Å². The van der Waals surface area contributed by atoms with Crippen LogP contribution in [0.5, 0.6) is 0 Å². The fraction of sp³-hybridized carbons (Fsp3) is 0. The van der Waals surface area contributed by atoms with Crippen LogP contribution in [-0.4, -0.2) is 6.29 Å². The minimum absolute atomic E-state index is 0.731. The lowest BCUT2D eigenvalue weighted by Gasteiger charge is -1.96. The smallest absolute Gasteiger partial charge is 0.151 e. The molecule has 4 heteroatoms. The number of aldehydes is 1. The largest absolute Gasteiger partial charge is 0.391 e. The van der Waals surface area contributed by atoms with Crippen molar-refractivity contribution in [3.05, 3.63) is 27.3 Å². The highest BCUT2D eigenvalue weighted by Gasteiger charge is 2.06. The molecule has 1 aromatic carbocycles. The molecule has 2 nitrogen and oxygen atoms in total. The van der Waals surface area contributed by atoms with Gasteiger partial charge in [0.05, 0.1) is 9.70 Å². The van der Waals surface area contributed by atoms with Gasteiger partial charge in [-0.25, -0.2) is 0 Å². The van der Waals surface area contributed by atoms with Crippen molar-refractivity contribution in [2.45, 2.75) is 0 Å². The molecule has 0 amide bonds. The van der Waals surface area contributed by atoms with Crippen LogP contribution in [0.15, 0.2) is 18.2 Å². The summed E-state index contributed by atoms with van der Waals surface area (Å²) in [4.78, 5) is 10.6. The van der Waals surface area contributed by atoms with Gasteiger partial charge in [0.25, 0.3) is 0 Å². The van der Waals surface area contributed by atoms with Gasteiger partial charge in [0, 0.05) is 9.13 Å². The number of hydrogen-bond acceptors (Lipinski definition) is 3. The molecule has 0 aliphatic carbocycles. The van der Waals surface area contributed by atoms with E-state index in [1.54, 1.807) is 0 Å². The summed E-state index contributed by atoms with van der Waals surface area (Å²) in [5, 5.41) is 1.90. The molecule has 0 unspecified atom stereocenters. The number of benzene rings is 1. The normalized spacial score (nSPS) is 10.5. The molecule has 66 valence electrons. The van der Waals surface area contributed by atoms with Crippen molar-refractivity contribution in [3.63, 3.8) is 0 Å². The Morgan fingerprint density at radius 3 is 2.92 bits per heavy atom. The van der Waals surface area contributed by atoms with Gasteiger partial charge in [-0.3, -0.25) is 4.79 Å². The van der Waals surface area contributed by atoms with Crippen molar-refractivity contribution in [2.24, 2.45) is 0 Å². The number of fused-ring (bicyclic) bond motifs is 1. The first-order valence-corrected chi connectivity index (χ1v) is 5.54. The Bertz CT molecular complexity index is 478. The van der Waals surface area contributed by atoms with Gasteiger partial charge in [-0.05, 0) is 40.1 Å². The van der Waals surface area contributed by atoms with Gasteiger partial charge in [0.2, 0.25) is 0 Å². The molecule has 0 spiro atoms. The number of carbonyl (C=O) groups excluding carboxylic acids is 1. The van der Waals surface area contributed by atoms with Gasteiger partial charge >= 0.3 is 0 Å². The number of rotatable bonds is 1. The van der Waals surface area contributed by atoms with E-state index >= 15 is 0 Å². The molecule has 0 aliphatic rings. The monoisotopic (exact) mass is 303 g/mol. The molecule has 0 atom stereocenters. The summed E-state index contributed by atoms with van der Waals surface area (Å²) in [5.74, 6) is 0. The molecule has 2 aromatic rings. The van der Waals surface area contributed by atoms with E-state index in [1.807, 2.05) is 18.2 Å². The first-order valence-electron chi connectivity index (χ1n) is 3.65. The number of carbonyl (C=O) groups is 1. The van der Waals surface area contributed by atoms with Crippen molar-refractivity contribution in [2.75, 3.05) is 5.73 Å². The minimum atomic E-state index is 0.731. The fourth-order valence-corrected chi connectivity index (χ4v) is 3.02. The third kappa shape index (κ3) is 1.44. The Hall–Kier alpha value is -0.620. The predicted octanol–water partition coefficient (Wildman–Crippen LogP) is 2.90. The molecule has 1 heterocycles. The molecule has 0 bridgehead atoms. The van der Waals surface area contributed by atoms with Crippen LogP contribution in [-0.2, 0) is 0 Å². The molecule has 0 saturated heterocycles. The summed E-state index contributed by atoms with van der Waals surface area (Å²) in [6, 6.07) is 5.67. The van der Waals surface area contributed by atoms with Gasteiger partial charge in [0.1, 0.15) is 0 Å². The molecule has 13 heavy (non-hydrogen) atoms. The third-order valence-corrected chi connectivity index (χ3v) is 4.33. The van der Waals surface area contributed by atoms with E-state index in [0.717, 1.165) is 30.5 Å². The number of nitrogens with two attached hydrogens (primary N) is 1. The molecule has 0 aliphatic heterocycles. The van der Waals surface area contributed by atoms with Crippen molar-refractivity contribution in [3.8, 4) is 0 Å². The zero-order chi connectivity index (χ0) is 9.42. The van der Waals surface area contributed by atoms with Crippen LogP contribution in [0, 0.1) is 3.57 Å². The second-order valence-corrected chi connectivity index (χ2v) is 4.82. The van der Waals surface area contributed by atoms with Crippen LogP contribution >= 0.6 is 33.9 Å².